The van der Waals surface area contributed by atoms with Gasteiger partial charge in [0.05, 0.1) is 0 Å². The van der Waals surface area contributed by atoms with Gasteiger partial charge >= 0.3 is 0 Å². The quantitative estimate of drug-likeness (QED) is 0.579. The van der Waals surface area contributed by atoms with E-state index in [2.05, 4.69) is 38.0 Å². The van der Waals surface area contributed by atoms with Crippen LogP contribution in [0, 0.1) is 5.92 Å². The van der Waals surface area contributed by atoms with Crippen molar-refractivity contribution in [3.8, 4) is 0 Å². The Morgan fingerprint density at radius 2 is 1.95 bits per heavy atom. The van der Waals surface area contributed by atoms with E-state index in [0.717, 1.165) is 38.9 Å². The number of likely N-dealkylation sites (N-methyl/N-ethyl adjacent to an activating group) is 1. The van der Waals surface area contributed by atoms with Gasteiger partial charge in [0.2, 0.25) is 5.91 Å². The molecule has 0 aliphatic rings. The second kappa shape index (κ2) is 12.2. The maximum Gasteiger partial charge on any atom is 0.220 e. The van der Waals surface area contributed by atoms with Gasteiger partial charge in [0.1, 0.15) is 0 Å². The lowest BCUT2D eigenvalue weighted by molar-refractivity contribution is -0.121. The molecule has 120 valence electrons. The first kappa shape index (κ1) is 19.4. The molecule has 0 rings (SSSR count). The van der Waals surface area contributed by atoms with Crippen LogP contribution in [0.2, 0.25) is 0 Å². The van der Waals surface area contributed by atoms with E-state index in [1.54, 1.807) is 0 Å². The van der Waals surface area contributed by atoms with Crippen LogP contribution in [0.15, 0.2) is 0 Å². The number of rotatable bonds is 12. The molecule has 0 aromatic heterocycles. The molecule has 0 saturated heterocycles. The molecular weight excluding hydrogens is 250 g/mol. The van der Waals surface area contributed by atoms with Crippen molar-refractivity contribution in [2.75, 3.05) is 26.7 Å². The van der Waals surface area contributed by atoms with E-state index < -0.39 is 0 Å². The van der Waals surface area contributed by atoms with Gasteiger partial charge in [-0.2, -0.15) is 0 Å². The van der Waals surface area contributed by atoms with Crippen molar-refractivity contribution < 1.29 is 4.79 Å². The van der Waals surface area contributed by atoms with E-state index in [4.69, 9.17) is 5.73 Å². The van der Waals surface area contributed by atoms with E-state index in [1.165, 1.54) is 12.8 Å². The summed E-state index contributed by atoms with van der Waals surface area (Å²) in [6.07, 6.45) is 6.14. The summed E-state index contributed by atoms with van der Waals surface area (Å²) in [6.45, 7) is 8.98. The fourth-order valence-electron chi connectivity index (χ4n) is 2.40. The van der Waals surface area contributed by atoms with Crippen molar-refractivity contribution >= 4 is 5.91 Å². The number of hydrogen-bond acceptors (Lipinski definition) is 3. The second-order valence-electron chi connectivity index (χ2n) is 5.86. The van der Waals surface area contributed by atoms with Gasteiger partial charge < -0.3 is 16.0 Å². The number of nitrogens with two attached hydrogens (primary N) is 1. The van der Waals surface area contributed by atoms with E-state index in [9.17, 15) is 4.79 Å². The van der Waals surface area contributed by atoms with E-state index >= 15 is 0 Å². The van der Waals surface area contributed by atoms with Crippen molar-refractivity contribution in [3.05, 3.63) is 0 Å². The molecule has 20 heavy (non-hydrogen) atoms. The molecule has 1 amide bonds. The molecule has 3 N–H and O–H groups in total. The first-order chi connectivity index (χ1) is 9.54. The zero-order chi connectivity index (χ0) is 15.4. The Kier molecular flexibility index (Phi) is 11.8. The molecule has 2 atom stereocenters. The normalized spacial score (nSPS) is 14.3. The van der Waals surface area contributed by atoms with Crippen LogP contribution in [0.3, 0.4) is 0 Å². The number of hydrogen-bond donors (Lipinski definition) is 2. The van der Waals surface area contributed by atoms with Gasteiger partial charge in [0.15, 0.2) is 0 Å². The summed E-state index contributed by atoms with van der Waals surface area (Å²) in [5.41, 5.74) is 5.61. The minimum Gasteiger partial charge on any atom is -0.355 e. The Morgan fingerprint density at radius 1 is 1.25 bits per heavy atom. The highest BCUT2D eigenvalue weighted by Crippen LogP contribution is 2.16. The summed E-state index contributed by atoms with van der Waals surface area (Å²) in [4.78, 5) is 14.1. The summed E-state index contributed by atoms with van der Waals surface area (Å²) >= 11 is 0. The highest BCUT2D eigenvalue weighted by molar-refractivity contribution is 5.75. The highest BCUT2D eigenvalue weighted by Gasteiger charge is 2.11. The summed E-state index contributed by atoms with van der Waals surface area (Å²) in [5, 5.41) is 3.02. The van der Waals surface area contributed by atoms with Crippen LogP contribution in [0.5, 0.6) is 0 Å². The van der Waals surface area contributed by atoms with Gasteiger partial charge in [0, 0.05) is 25.6 Å². The Balaban J connectivity index is 3.77. The first-order valence-corrected chi connectivity index (χ1v) is 8.22. The lowest BCUT2D eigenvalue weighted by Crippen LogP contribution is -2.37. The van der Waals surface area contributed by atoms with Crippen LogP contribution in [-0.4, -0.2) is 43.5 Å². The largest absolute Gasteiger partial charge is 0.355 e. The average molecular weight is 285 g/mol. The average Bonchev–Trinajstić information content (AvgIpc) is 2.44. The molecule has 2 unspecified atom stereocenters. The highest BCUT2D eigenvalue weighted by atomic mass is 16.1. The zero-order valence-corrected chi connectivity index (χ0v) is 14.0. The van der Waals surface area contributed by atoms with Crippen LogP contribution < -0.4 is 11.1 Å². The van der Waals surface area contributed by atoms with Crippen molar-refractivity contribution in [2.24, 2.45) is 11.7 Å². The number of nitrogens with zero attached hydrogens (tertiary/aromatic N) is 1. The van der Waals surface area contributed by atoms with Crippen molar-refractivity contribution in [1.29, 1.82) is 0 Å². The lowest BCUT2D eigenvalue weighted by atomic mass is 9.94. The van der Waals surface area contributed by atoms with Crippen molar-refractivity contribution in [2.45, 2.75) is 65.3 Å². The molecule has 0 aromatic rings. The fraction of sp³-hybridized carbons (Fsp3) is 0.938. The number of amides is 1. The van der Waals surface area contributed by atoms with Gasteiger partial charge in [-0.1, -0.05) is 26.7 Å². The Labute approximate surface area is 125 Å². The predicted molar refractivity (Wildman–Crippen MR) is 86.7 cm³/mol. The molecule has 4 nitrogen and oxygen atoms in total. The molecule has 0 aliphatic carbocycles. The minimum atomic E-state index is 0.181. The van der Waals surface area contributed by atoms with E-state index in [0.29, 0.717) is 18.4 Å². The molecule has 4 heteroatoms. The number of carbonyl (C=O) groups is 1. The van der Waals surface area contributed by atoms with Gasteiger partial charge in [-0.15, -0.1) is 0 Å². The topological polar surface area (TPSA) is 58.4 Å². The maximum absolute atomic E-state index is 11.8. The lowest BCUT2D eigenvalue weighted by Gasteiger charge is -2.23. The van der Waals surface area contributed by atoms with Gasteiger partial charge in [-0.05, 0) is 45.7 Å². The monoisotopic (exact) mass is 285 g/mol. The van der Waals surface area contributed by atoms with E-state index in [-0.39, 0.29) is 5.91 Å². The second-order valence-corrected chi connectivity index (χ2v) is 5.86. The van der Waals surface area contributed by atoms with E-state index in [1.807, 2.05) is 0 Å². The van der Waals surface area contributed by atoms with Gasteiger partial charge in [0.25, 0.3) is 0 Å². The summed E-state index contributed by atoms with van der Waals surface area (Å²) < 4.78 is 0. The standard InChI is InChI=1S/C16H35N3O/c1-5-7-15(10-11-17)8-9-16(20)18-12-13-19(4)14(3)6-2/h14-15H,5-13,17H2,1-4H3,(H,18,20). The molecule has 0 heterocycles. The Hall–Kier alpha value is -0.610. The van der Waals surface area contributed by atoms with Crippen molar-refractivity contribution in [1.82, 2.24) is 10.2 Å². The summed E-state index contributed by atoms with van der Waals surface area (Å²) in [6, 6.07) is 0.574. The molecule has 0 aromatic carbocycles. The number of nitrogens with one attached hydrogen (secondary N) is 1. The third kappa shape index (κ3) is 9.32. The van der Waals surface area contributed by atoms with Crippen molar-refractivity contribution in [3.63, 3.8) is 0 Å². The third-order valence-corrected chi connectivity index (χ3v) is 4.18. The van der Waals surface area contributed by atoms with Crippen LogP contribution in [-0.2, 0) is 4.79 Å². The molecular formula is C16H35N3O. The van der Waals surface area contributed by atoms with Crippen LogP contribution in [0.25, 0.3) is 0 Å². The van der Waals surface area contributed by atoms with Crippen LogP contribution >= 0.6 is 0 Å². The Morgan fingerprint density at radius 3 is 2.50 bits per heavy atom. The molecule has 0 spiro atoms. The molecule has 0 saturated carbocycles. The van der Waals surface area contributed by atoms with Crippen LogP contribution in [0.1, 0.15) is 59.3 Å². The molecule has 0 bridgehead atoms. The smallest absolute Gasteiger partial charge is 0.220 e. The zero-order valence-electron chi connectivity index (χ0n) is 14.0. The third-order valence-electron chi connectivity index (χ3n) is 4.18. The van der Waals surface area contributed by atoms with Gasteiger partial charge in [-0.25, -0.2) is 0 Å². The Bertz CT molecular complexity index is 240. The first-order valence-electron chi connectivity index (χ1n) is 8.22. The fourth-order valence-corrected chi connectivity index (χ4v) is 2.40. The molecule has 0 radical (unpaired) electrons. The maximum atomic E-state index is 11.8. The molecule has 0 fully saturated rings. The summed E-state index contributed by atoms with van der Waals surface area (Å²) in [7, 11) is 2.11. The molecule has 0 aliphatic heterocycles. The predicted octanol–water partition coefficient (Wildman–Crippen LogP) is 2.38. The van der Waals surface area contributed by atoms with Gasteiger partial charge in [-0.3, -0.25) is 4.79 Å². The summed E-state index contributed by atoms with van der Waals surface area (Å²) in [5.74, 6) is 0.791. The van der Waals surface area contributed by atoms with Crippen LogP contribution in [0.4, 0.5) is 0 Å². The number of carbonyl (C=O) groups excluding carboxylic acids is 1. The SMILES string of the molecule is CCCC(CCN)CCC(=O)NCCN(C)C(C)CC. The minimum absolute atomic E-state index is 0.181.